The molecule has 4 heterocycles. The number of furan rings is 1. The van der Waals surface area contributed by atoms with Crippen molar-refractivity contribution in [2.45, 2.75) is 51.2 Å². The van der Waals surface area contributed by atoms with Crippen molar-refractivity contribution >= 4 is 18.2 Å². The van der Waals surface area contributed by atoms with Gasteiger partial charge < -0.3 is 35.0 Å². The van der Waals surface area contributed by atoms with E-state index in [1.807, 2.05) is 25.8 Å². The first-order valence-electron chi connectivity index (χ1n) is 10.4. The van der Waals surface area contributed by atoms with Gasteiger partial charge in [-0.2, -0.15) is 0 Å². The van der Waals surface area contributed by atoms with Crippen LogP contribution in [0.25, 0.3) is 0 Å². The predicted molar refractivity (Wildman–Crippen MR) is 111 cm³/mol. The van der Waals surface area contributed by atoms with Crippen LogP contribution in [-0.4, -0.2) is 56.0 Å². The second-order valence-corrected chi connectivity index (χ2v) is 8.78. The molecule has 0 spiro atoms. The van der Waals surface area contributed by atoms with Gasteiger partial charge in [-0.15, -0.1) is 0 Å². The zero-order valence-electron chi connectivity index (χ0n) is 18.1. The number of hydrogen-bond donors (Lipinski definition) is 3. The molecule has 11 heteroatoms. The lowest BCUT2D eigenvalue weighted by molar-refractivity contribution is -0.150. The van der Waals surface area contributed by atoms with Gasteiger partial charge in [-0.1, -0.05) is 0 Å². The molecule has 168 valence electrons. The molecule has 2 fully saturated rings. The van der Waals surface area contributed by atoms with E-state index in [0.717, 1.165) is 18.5 Å². The van der Waals surface area contributed by atoms with Gasteiger partial charge in [0.25, 0.3) is 0 Å². The number of esters is 1. The number of fused-ring (bicyclic) bond motifs is 2. The second-order valence-electron chi connectivity index (χ2n) is 8.78. The SMILES string of the molecule is COC(=O)C1CC(N(C)Cc2oc(N3CNC4=C(N)N=CN[C@@H]43)c3c2OC(C)(C)O3)C1. The van der Waals surface area contributed by atoms with Crippen molar-refractivity contribution in [1.29, 1.82) is 0 Å². The highest BCUT2D eigenvalue weighted by atomic mass is 16.7. The van der Waals surface area contributed by atoms with E-state index >= 15 is 0 Å². The lowest BCUT2D eigenvalue weighted by Crippen LogP contribution is -2.45. The molecule has 1 aromatic heterocycles. The Labute approximate surface area is 180 Å². The molecule has 0 unspecified atom stereocenters. The summed E-state index contributed by atoms with van der Waals surface area (Å²) in [5.41, 5.74) is 6.81. The smallest absolute Gasteiger partial charge is 0.308 e. The van der Waals surface area contributed by atoms with E-state index in [2.05, 4.69) is 20.5 Å². The minimum atomic E-state index is -0.789. The molecular formula is C20H28N6O5. The van der Waals surface area contributed by atoms with E-state index in [4.69, 9.17) is 24.4 Å². The Morgan fingerprint density at radius 2 is 2.13 bits per heavy atom. The molecule has 5 rings (SSSR count). The summed E-state index contributed by atoms with van der Waals surface area (Å²) in [6.45, 7) is 4.76. The fourth-order valence-corrected chi connectivity index (χ4v) is 4.45. The van der Waals surface area contributed by atoms with Gasteiger partial charge in [0.15, 0.2) is 5.76 Å². The number of rotatable bonds is 5. The quantitative estimate of drug-likeness (QED) is 0.570. The first-order chi connectivity index (χ1) is 14.8. The Hall–Kier alpha value is -3.08. The summed E-state index contributed by atoms with van der Waals surface area (Å²) in [6, 6.07) is 0.280. The molecule has 3 aliphatic heterocycles. The Bertz CT molecular complexity index is 964. The van der Waals surface area contributed by atoms with Gasteiger partial charge >= 0.3 is 5.97 Å². The molecule has 0 amide bonds. The number of carbonyl (C=O) groups is 1. The minimum Gasteiger partial charge on any atom is -0.469 e. The summed E-state index contributed by atoms with van der Waals surface area (Å²) in [5.74, 6) is 1.95. The standard InChI is InChI=1S/C20H28N6O5/c1-20(2)30-14-12(7-25(3)11-5-10(6-11)19(27)28-4)29-18(15(14)31-20)26-9-24-13-16(21)22-8-23-17(13)26/h8,10-11,17,24H,5-7,9,21H2,1-4H3,(H,22,23)/t10?,11?,17-/m1/s1. The van der Waals surface area contributed by atoms with Gasteiger partial charge in [0.1, 0.15) is 12.0 Å². The zero-order chi connectivity index (χ0) is 21.9. The molecule has 0 radical (unpaired) electrons. The van der Waals surface area contributed by atoms with Crippen LogP contribution in [0.2, 0.25) is 0 Å². The summed E-state index contributed by atoms with van der Waals surface area (Å²) < 4.78 is 23.3. The van der Waals surface area contributed by atoms with Crippen molar-refractivity contribution in [3.8, 4) is 11.5 Å². The van der Waals surface area contributed by atoms with Crippen LogP contribution in [0.15, 0.2) is 20.9 Å². The molecule has 1 aromatic rings. The van der Waals surface area contributed by atoms with Crippen LogP contribution in [0.4, 0.5) is 5.88 Å². The largest absolute Gasteiger partial charge is 0.469 e. The highest BCUT2D eigenvalue weighted by Gasteiger charge is 2.45. The number of anilines is 1. The lowest BCUT2D eigenvalue weighted by Gasteiger charge is -2.39. The Balaban J connectivity index is 1.38. The van der Waals surface area contributed by atoms with Crippen molar-refractivity contribution in [3.63, 3.8) is 0 Å². The third-order valence-electron chi connectivity index (χ3n) is 6.23. The summed E-state index contributed by atoms with van der Waals surface area (Å²) >= 11 is 0. The maximum atomic E-state index is 11.7. The first-order valence-corrected chi connectivity index (χ1v) is 10.4. The van der Waals surface area contributed by atoms with Crippen LogP contribution in [-0.2, 0) is 16.1 Å². The minimum absolute atomic E-state index is 0.0285. The molecule has 0 aromatic carbocycles. The Morgan fingerprint density at radius 3 is 2.87 bits per heavy atom. The number of nitrogens with two attached hydrogens (primary N) is 1. The number of methoxy groups -OCH3 is 1. The van der Waals surface area contributed by atoms with Gasteiger partial charge in [0.2, 0.25) is 23.2 Å². The molecule has 31 heavy (non-hydrogen) atoms. The van der Waals surface area contributed by atoms with Crippen LogP contribution >= 0.6 is 0 Å². The summed E-state index contributed by atoms with van der Waals surface area (Å²) in [7, 11) is 3.45. The van der Waals surface area contributed by atoms with Gasteiger partial charge in [-0.3, -0.25) is 14.6 Å². The van der Waals surface area contributed by atoms with E-state index in [-0.39, 0.29) is 24.1 Å². The van der Waals surface area contributed by atoms with Crippen LogP contribution in [0.1, 0.15) is 32.4 Å². The van der Waals surface area contributed by atoms with Gasteiger partial charge in [-0.25, -0.2) is 4.99 Å². The fraction of sp³-hybridized carbons (Fsp3) is 0.600. The molecule has 0 bridgehead atoms. The Morgan fingerprint density at radius 1 is 1.39 bits per heavy atom. The fourth-order valence-electron chi connectivity index (χ4n) is 4.45. The average Bonchev–Trinajstić information content (AvgIpc) is 3.33. The third kappa shape index (κ3) is 3.23. The zero-order valence-corrected chi connectivity index (χ0v) is 18.1. The highest BCUT2D eigenvalue weighted by molar-refractivity contribution is 5.73. The number of hydrogen-bond acceptors (Lipinski definition) is 11. The average molecular weight is 432 g/mol. The van der Waals surface area contributed by atoms with Crippen LogP contribution in [0, 0.1) is 5.92 Å². The highest BCUT2D eigenvalue weighted by Crippen LogP contribution is 2.52. The van der Waals surface area contributed by atoms with Crippen LogP contribution < -0.4 is 30.7 Å². The lowest BCUT2D eigenvalue weighted by atomic mass is 9.79. The summed E-state index contributed by atoms with van der Waals surface area (Å²) in [4.78, 5) is 20.0. The predicted octanol–water partition coefficient (Wildman–Crippen LogP) is 0.623. The number of aliphatic imine (C=N–C) groups is 1. The third-order valence-corrected chi connectivity index (χ3v) is 6.23. The molecule has 1 aliphatic carbocycles. The van der Waals surface area contributed by atoms with E-state index < -0.39 is 5.79 Å². The van der Waals surface area contributed by atoms with Crippen molar-refractivity contribution in [3.05, 3.63) is 17.3 Å². The molecule has 1 saturated carbocycles. The van der Waals surface area contributed by atoms with Crippen molar-refractivity contribution < 1.29 is 23.4 Å². The summed E-state index contributed by atoms with van der Waals surface area (Å²) in [5, 5.41) is 6.47. The van der Waals surface area contributed by atoms with Gasteiger partial charge in [0.05, 0.1) is 38.3 Å². The maximum Gasteiger partial charge on any atom is 0.308 e. The van der Waals surface area contributed by atoms with E-state index in [9.17, 15) is 4.79 Å². The van der Waals surface area contributed by atoms with E-state index in [1.54, 1.807) is 6.34 Å². The second kappa shape index (κ2) is 6.98. The summed E-state index contributed by atoms with van der Waals surface area (Å²) in [6.07, 6.45) is 2.91. The molecular weight excluding hydrogens is 404 g/mol. The molecule has 1 atom stereocenters. The number of nitrogens with one attached hydrogen (secondary N) is 2. The van der Waals surface area contributed by atoms with Gasteiger partial charge in [0, 0.05) is 19.9 Å². The van der Waals surface area contributed by atoms with Crippen LogP contribution in [0.3, 0.4) is 0 Å². The first kappa shape index (κ1) is 19.9. The topological polar surface area (TPSA) is 127 Å². The van der Waals surface area contributed by atoms with E-state index in [1.165, 1.54) is 7.11 Å². The number of ether oxygens (including phenoxy) is 3. The van der Waals surface area contributed by atoms with Gasteiger partial charge in [-0.05, 0) is 19.9 Å². The molecule has 11 nitrogen and oxygen atoms in total. The maximum absolute atomic E-state index is 11.7. The molecule has 4 N–H and O–H groups in total. The van der Waals surface area contributed by atoms with Crippen molar-refractivity contribution in [2.24, 2.45) is 16.6 Å². The number of nitrogens with zero attached hydrogens (tertiary/aromatic N) is 3. The Kier molecular flexibility index (Phi) is 4.47. The van der Waals surface area contributed by atoms with Crippen molar-refractivity contribution in [1.82, 2.24) is 15.5 Å². The van der Waals surface area contributed by atoms with Crippen LogP contribution in [0.5, 0.6) is 11.5 Å². The van der Waals surface area contributed by atoms with Crippen molar-refractivity contribution in [2.75, 3.05) is 25.7 Å². The monoisotopic (exact) mass is 432 g/mol. The normalized spacial score (nSPS) is 27.6. The molecule has 1 saturated heterocycles. The van der Waals surface area contributed by atoms with E-state index in [0.29, 0.717) is 42.2 Å². The molecule has 4 aliphatic rings. The number of carbonyl (C=O) groups excluding carboxylic acids is 1.